The molecule has 1 aromatic carbocycles. The maximum Gasteiger partial charge on any atom is 0.256 e. The predicted molar refractivity (Wildman–Crippen MR) is 120 cm³/mol. The monoisotopic (exact) mass is 449 g/mol. The fourth-order valence-electron chi connectivity index (χ4n) is 4.27. The van der Waals surface area contributed by atoms with Gasteiger partial charge >= 0.3 is 0 Å². The van der Waals surface area contributed by atoms with Crippen molar-refractivity contribution in [2.45, 2.75) is 38.6 Å². The molecule has 1 aliphatic rings. The number of hydrogen-bond acceptors (Lipinski definition) is 5. The van der Waals surface area contributed by atoms with Crippen LogP contribution in [0.2, 0.25) is 0 Å². The Labute approximate surface area is 183 Å². The molecule has 0 spiro atoms. The van der Waals surface area contributed by atoms with Gasteiger partial charge in [-0.2, -0.15) is 4.31 Å². The van der Waals surface area contributed by atoms with Crippen LogP contribution in [0.1, 0.15) is 37.6 Å². The molecule has 8 nitrogen and oxygen atoms in total. The normalized spacial score (nSPS) is 20.1. The third-order valence-electron chi connectivity index (χ3n) is 5.70. The second kappa shape index (κ2) is 9.50. The van der Waals surface area contributed by atoms with Crippen LogP contribution >= 0.6 is 0 Å². The van der Waals surface area contributed by atoms with Crippen molar-refractivity contribution in [1.82, 2.24) is 14.2 Å². The van der Waals surface area contributed by atoms with Gasteiger partial charge in [-0.15, -0.1) is 0 Å². The van der Waals surface area contributed by atoms with E-state index in [1.165, 1.54) is 23.7 Å². The highest BCUT2D eigenvalue weighted by Crippen LogP contribution is 2.28. The van der Waals surface area contributed by atoms with Crippen LogP contribution in [0, 0.1) is 11.8 Å². The minimum atomic E-state index is -3.74. The maximum atomic E-state index is 13.3. The number of hydrogen-bond donors (Lipinski definition) is 1. The van der Waals surface area contributed by atoms with Crippen LogP contribution in [-0.2, 0) is 21.3 Å². The standard InChI is InChI=1S/C22H31N3O5S/c1-5-24-14-19(22(27)23-8-9-30-4)21(26)18-11-17(6-7-20(18)24)31(28,29)25-12-15(2)10-16(3)13-25/h6-7,11,14-16H,5,8-10,12-13H2,1-4H3,(H,23,27). The molecular weight excluding hydrogens is 418 g/mol. The summed E-state index contributed by atoms with van der Waals surface area (Å²) < 4.78 is 34.8. The molecule has 0 radical (unpaired) electrons. The van der Waals surface area contributed by atoms with Crippen LogP contribution in [0.25, 0.3) is 10.9 Å². The summed E-state index contributed by atoms with van der Waals surface area (Å²) in [5.41, 5.74) is 0.104. The van der Waals surface area contributed by atoms with Gasteiger partial charge in [0.2, 0.25) is 15.5 Å². The van der Waals surface area contributed by atoms with E-state index in [0.717, 1.165) is 6.42 Å². The zero-order valence-electron chi connectivity index (χ0n) is 18.6. The van der Waals surface area contributed by atoms with E-state index in [4.69, 9.17) is 4.74 Å². The lowest BCUT2D eigenvalue weighted by Gasteiger charge is -2.34. The van der Waals surface area contributed by atoms with Crippen molar-refractivity contribution in [2.24, 2.45) is 11.8 Å². The minimum absolute atomic E-state index is 0.0137. The molecule has 1 N–H and O–H groups in total. The van der Waals surface area contributed by atoms with Crippen LogP contribution in [0.15, 0.2) is 34.1 Å². The van der Waals surface area contributed by atoms with Gasteiger partial charge < -0.3 is 14.6 Å². The predicted octanol–water partition coefficient (Wildman–Crippen LogP) is 2.06. The van der Waals surface area contributed by atoms with E-state index in [0.29, 0.717) is 31.8 Å². The Kier molecular flexibility index (Phi) is 7.18. The Morgan fingerprint density at radius 3 is 2.52 bits per heavy atom. The number of sulfonamides is 1. The summed E-state index contributed by atoms with van der Waals surface area (Å²) in [5, 5.41) is 2.88. The van der Waals surface area contributed by atoms with E-state index in [1.54, 1.807) is 16.7 Å². The number of fused-ring (bicyclic) bond motifs is 1. The number of rotatable bonds is 7. The van der Waals surface area contributed by atoms with Gasteiger partial charge in [-0.1, -0.05) is 13.8 Å². The van der Waals surface area contributed by atoms with Gasteiger partial charge in [0.1, 0.15) is 5.56 Å². The number of nitrogens with zero attached hydrogens (tertiary/aromatic N) is 2. The SMILES string of the molecule is CCn1cc(C(=O)NCCOC)c(=O)c2cc(S(=O)(=O)N3CC(C)CC(C)C3)ccc21. The van der Waals surface area contributed by atoms with Gasteiger partial charge in [-0.3, -0.25) is 9.59 Å². The summed E-state index contributed by atoms with van der Waals surface area (Å²) >= 11 is 0. The molecule has 0 saturated carbocycles. The smallest absolute Gasteiger partial charge is 0.256 e. The number of ether oxygens (including phenoxy) is 1. The van der Waals surface area contributed by atoms with Gasteiger partial charge in [0, 0.05) is 44.9 Å². The van der Waals surface area contributed by atoms with Crippen molar-refractivity contribution in [2.75, 3.05) is 33.4 Å². The lowest BCUT2D eigenvalue weighted by atomic mass is 9.94. The average Bonchev–Trinajstić information content (AvgIpc) is 2.73. The maximum absolute atomic E-state index is 13.3. The van der Waals surface area contributed by atoms with Gasteiger partial charge in [0.15, 0.2) is 0 Å². The van der Waals surface area contributed by atoms with E-state index in [2.05, 4.69) is 5.32 Å². The first kappa shape index (κ1) is 23.4. The zero-order valence-corrected chi connectivity index (χ0v) is 19.4. The Morgan fingerprint density at radius 2 is 1.90 bits per heavy atom. The zero-order chi connectivity index (χ0) is 22.8. The first-order valence-electron chi connectivity index (χ1n) is 10.6. The van der Waals surface area contributed by atoms with E-state index < -0.39 is 21.4 Å². The Hall–Kier alpha value is -2.23. The molecule has 0 bridgehead atoms. The summed E-state index contributed by atoms with van der Waals surface area (Å²) in [6.07, 6.45) is 2.52. The number of carbonyl (C=O) groups excluding carboxylic acids is 1. The summed E-state index contributed by atoms with van der Waals surface area (Å²) in [6, 6.07) is 4.61. The highest BCUT2D eigenvalue weighted by molar-refractivity contribution is 7.89. The topological polar surface area (TPSA) is 97.7 Å². The number of carbonyl (C=O) groups is 1. The highest BCUT2D eigenvalue weighted by Gasteiger charge is 2.32. The van der Waals surface area contributed by atoms with E-state index in [9.17, 15) is 18.0 Å². The van der Waals surface area contributed by atoms with Gasteiger partial charge in [-0.05, 0) is 43.4 Å². The van der Waals surface area contributed by atoms with Gasteiger partial charge in [0.05, 0.1) is 17.0 Å². The number of aromatic nitrogens is 1. The van der Waals surface area contributed by atoms with Crippen LogP contribution < -0.4 is 10.7 Å². The second-order valence-corrected chi connectivity index (χ2v) is 10.3. The fourth-order valence-corrected chi connectivity index (χ4v) is 5.98. The molecule has 3 rings (SSSR count). The van der Waals surface area contributed by atoms with Crippen LogP contribution in [-0.4, -0.2) is 56.5 Å². The number of aryl methyl sites for hydroxylation is 1. The fraction of sp³-hybridized carbons (Fsp3) is 0.545. The number of amides is 1. The Balaban J connectivity index is 2.07. The van der Waals surface area contributed by atoms with E-state index >= 15 is 0 Å². The Bertz CT molecular complexity index is 1120. The molecule has 1 fully saturated rings. The first-order chi connectivity index (χ1) is 14.7. The van der Waals surface area contributed by atoms with Gasteiger partial charge in [-0.25, -0.2) is 8.42 Å². The van der Waals surface area contributed by atoms with Crippen molar-refractivity contribution in [3.05, 3.63) is 40.2 Å². The molecule has 170 valence electrons. The number of methoxy groups -OCH3 is 1. The van der Waals surface area contributed by atoms with Crippen LogP contribution in [0.3, 0.4) is 0 Å². The molecule has 1 aromatic heterocycles. The molecule has 2 atom stereocenters. The number of pyridine rings is 1. The van der Waals surface area contributed by atoms with Crippen molar-refractivity contribution in [1.29, 1.82) is 0 Å². The molecule has 31 heavy (non-hydrogen) atoms. The van der Waals surface area contributed by atoms with Crippen LogP contribution in [0.4, 0.5) is 0 Å². The van der Waals surface area contributed by atoms with Crippen molar-refractivity contribution in [3.63, 3.8) is 0 Å². The quantitative estimate of drug-likeness (QED) is 0.653. The van der Waals surface area contributed by atoms with E-state index in [1.807, 2.05) is 20.8 Å². The molecule has 1 saturated heterocycles. The van der Waals surface area contributed by atoms with E-state index in [-0.39, 0.29) is 34.2 Å². The summed E-state index contributed by atoms with van der Waals surface area (Å²) in [4.78, 5) is 25.7. The molecule has 1 amide bonds. The summed E-state index contributed by atoms with van der Waals surface area (Å²) in [7, 11) is -2.21. The second-order valence-electron chi connectivity index (χ2n) is 8.35. The third kappa shape index (κ3) is 4.83. The minimum Gasteiger partial charge on any atom is -0.383 e. The third-order valence-corrected chi connectivity index (χ3v) is 7.53. The van der Waals surface area contributed by atoms with Crippen molar-refractivity contribution < 1.29 is 17.9 Å². The first-order valence-corrected chi connectivity index (χ1v) is 12.1. The largest absolute Gasteiger partial charge is 0.383 e. The molecule has 1 aliphatic heterocycles. The molecule has 2 unspecified atom stereocenters. The molecular formula is C22H31N3O5S. The number of piperidine rings is 1. The van der Waals surface area contributed by atoms with Gasteiger partial charge in [0.25, 0.3) is 5.91 Å². The molecule has 2 heterocycles. The lowest BCUT2D eigenvalue weighted by Crippen LogP contribution is -2.42. The molecule has 2 aromatic rings. The number of benzene rings is 1. The number of nitrogens with one attached hydrogen (secondary N) is 1. The van der Waals surface area contributed by atoms with Crippen molar-refractivity contribution >= 4 is 26.8 Å². The van der Waals surface area contributed by atoms with Crippen molar-refractivity contribution in [3.8, 4) is 0 Å². The average molecular weight is 450 g/mol. The van der Waals surface area contributed by atoms with Crippen LogP contribution in [0.5, 0.6) is 0 Å². The summed E-state index contributed by atoms with van der Waals surface area (Å²) in [6.45, 7) is 8.06. The Morgan fingerprint density at radius 1 is 1.23 bits per heavy atom. The summed E-state index contributed by atoms with van der Waals surface area (Å²) in [5.74, 6) is 0.0514. The lowest BCUT2D eigenvalue weighted by molar-refractivity contribution is 0.0935. The molecule has 9 heteroatoms. The highest BCUT2D eigenvalue weighted by atomic mass is 32.2. The molecule has 0 aliphatic carbocycles.